The van der Waals surface area contributed by atoms with Crippen LogP contribution in [0.3, 0.4) is 0 Å². The van der Waals surface area contributed by atoms with Gasteiger partial charge in [-0.2, -0.15) is 0 Å². The number of benzene rings is 2. The van der Waals surface area contributed by atoms with Crippen LogP contribution in [0.25, 0.3) is 0 Å². The summed E-state index contributed by atoms with van der Waals surface area (Å²) in [6, 6.07) is 12.3. The quantitative estimate of drug-likeness (QED) is 0.842. The predicted molar refractivity (Wildman–Crippen MR) is 90.5 cm³/mol. The van der Waals surface area contributed by atoms with Crippen molar-refractivity contribution < 1.29 is 17.9 Å². The molecule has 0 spiro atoms. The van der Waals surface area contributed by atoms with Gasteiger partial charge in [0.2, 0.25) is 10.0 Å². The summed E-state index contributed by atoms with van der Waals surface area (Å²) in [7, 11) is -3.51. The second kappa shape index (κ2) is 6.90. The van der Waals surface area contributed by atoms with Crippen LogP contribution in [0, 0.1) is 0 Å². The van der Waals surface area contributed by atoms with Crippen LogP contribution in [0.1, 0.15) is 5.56 Å². The van der Waals surface area contributed by atoms with E-state index in [0.29, 0.717) is 31.9 Å². The summed E-state index contributed by atoms with van der Waals surface area (Å²) in [6.07, 6.45) is 0.573. The highest BCUT2D eigenvalue weighted by molar-refractivity contribution is 9.10. The monoisotopic (exact) mass is 397 g/mol. The van der Waals surface area contributed by atoms with Gasteiger partial charge in [-0.15, -0.1) is 0 Å². The fourth-order valence-electron chi connectivity index (χ4n) is 2.29. The first-order valence-corrected chi connectivity index (χ1v) is 9.46. The van der Waals surface area contributed by atoms with Crippen molar-refractivity contribution in [3.63, 3.8) is 0 Å². The third kappa shape index (κ3) is 4.04. The first-order valence-electron chi connectivity index (χ1n) is 7.18. The van der Waals surface area contributed by atoms with Crippen LogP contribution in [0.15, 0.2) is 51.8 Å². The number of halogens is 1. The van der Waals surface area contributed by atoms with Crippen LogP contribution in [0.4, 0.5) is 0 Å². The number of fused-ring (bicyclic) bond motifs is 1. The number of sulfonamides is 1. The summed E-state index contributed by atoms with van der Waals surface area (Å²) in [5.41, 5.74) is 0.992. The largest absolute Gasteiger partial charge is 0.486 e. The van der Waals surface area contributed by atoms with Crippen molar-refractivity contribution in [2.75, 3.05) is 19.8 Å². The molecule has 0 unspecified atom stereocenters. The Bertz CT molecular complexity index is 807. The number of hydrogen-bond acceptors (Lipinski definition) is 4. The van der Waals surface area contributed by atoms with Crippen molar-refractivity contribution in [2.24, 2.45) is 0 Å². The van der Waals surface area contributed by atoms with E-state index in [2.05, 4.69) is 20.7 Å². The van der Waals surface area contributed by atoms with Gasteiger partial charge in [-0.1, -0.05) is 28.1 Å². The molecule has 5 nitrogen and oxygen atoms in total. The lowest BCUT2D eigenvalue weighted by Crippen LogP contribution is -2.26. The van der Waals surface area contributed by atoms with E-state index in [1.807, 2.05) is 18.2 Å². The van der Waals surface area contributed by atoms with Gasteiger partial charge in [-0.05, 0) is 42.3 Å². The van der Waals surface area contributed by atoms with Crippen molar-refractivity contribution in [2.45, 2.75) is 11.3 Å². The molecule has 1 N–H and O–H groups in total. The van der Waals surface area contributed by atoms with Gasteiger partial charge < -0.3 is 9.47 Å². The molecule has 0 saturated carbocycles. The molecule has 0 radical (unpaired) electrons. The van der Waals surface area contributed by atoms with Crippen molar-refractivity contribution in [3.8, 4) is 11.5 Å². The molecule has 0 fully saturated rings. The van der Waals surface area contributed by atoms with Gasteiger partial charge in [0.05, 0.1) is 4.90 Å². The Kier molecular flexibility index (Phi) is 4.89. The molecule has 23 heavy (non-hydrogen) atoms. The lowest BCUT2D eigenvalue weighted by Gasteiger charge is -2.18. The van der Waals surface area contributed by atoms with Crippen molar-refractivity contribution in [3.05, 3.63) is 52.5 Å². The molecule has 0 aliphatic carbocycles. The van der Waals surface area contributed by atoms with Crippen LogP contribution in [-0.2, 0) is 16.4 Å². The second-order valence-electron chi connectivity index (χ2n) is 5.08. The third-order valence-corrected chi connectivity index (χ3v) is 5.37. The Morgan fingerprint density at radius 3 is 2.61 bits per heavy atom. The highest BCUT2D eigenvalue weighted by Gasteiger charge is 2.15. The van der Waals surface area contributed by atoms with E-state index in [4.69, 9.17) is 9.47 Å². The lowest BCUT2D eigenvalue weighted by atomic mass is 10.1. The molecule has 2 aromatic carbocycles. The zero-order valence-electron chi connectivity index (χ0n) is 12.3. The standard InChI is InChI=1S/C16H16BrNO4S/c17-13-2-1-3-14(11-13)23(19,20)18-7-6-12-4-5-15-16(10-12)22-9-8-21-15/h1-5,10-11,18H,6-9H2. The normalized spacial score (nSPS) is 13.8. The minimum Gasteiger partial charge on any atom is -0.486 e. The molecule has 3 rings (SSSR count). The summed E-state index contributed by atoms with van der Waals surface area (Å²) < 4.78 is 38.8. The first kappa shape index (κ1) is 16.3. The molecular weight excluding hydrogens is 382 g/mol. The van der Waals surface area contributed by atoms with Crippen LogP contribution < -0.4 is 14.2 Å². The zero-order valence-corrected chi connectivity index (χ0v) is 14.7. The van der Waals surface area contributed by atoms with Crippen LogP contribution in [-0.4, -0.2) is 28.2 Å². The number of rotatable bonds is 5. The van der Waals surface area contributed by atoms with Crippen LogP contribution >= 0.6 is 15.9 Å². The molecular formula is C16H16BrNO4S. The molecule has 0 aromatic heterocycles. The maximum Gasteiger partial charge on any atom is 0.240 e. The van der Waals surface area contributed by atoms with E-state index in [9.17, 15) is 8.42 Å². The number of ether oxygens (including phenoxy) is 2. The number of hydrogen-bond donors (Lipinski definition) is 1. The van der Waals surface area contributed by atoms with E-state index in [1.165, 1.54) is 0 Å². The molecule has 0 bridgehead atoms. The first-order chi connectivity index (χ1) is 11.0. The minimum absolute atomic E-state index is 0.244. The molecule has 0 atom stereocenters. The summed E-state index contributed by atoms with van der Waals surface area (Å²) in [5, 5.41) is 0. The number of nitrogens with one attached hydrogen (secondary N) is 1. The fraction of sp³-hybridized carbons (Fsp3) is 0.250. The van der Waals surface area contributed by atoms with E-state index in [-0.39, 0.29) is 4.90 Å². The highest BCUT2D eigenvalue weighted by atomic mass is 79.9. The Morgan fingerprint density at radius 2 is 1.83 bits per heavy atom. The topological polar surface area (TPSA) is 64.6 Å². The van der Waals surface area contributed by atoms with Crippen molar-refractivity contribution in [1.82, 2.24) is 4.72 Å². The molecule has 0 saturated heterocycles. The molecule has 2 aromatic rings. The van der Waals surface area contributed by atoms with E-state index >= 15 is 0 Å². The maximum absolute atomic E-state index is 12.2. The Morgan fingerprint density at radius 1 is 1.04 bits per heavy atom. The zero-order chi connectivity index (χ0) is 16.3. The van der Waals surface area contributed by atoms with Crippen molar-refractivity contribution >= 4 is 26.0 Å². The van der Waals surface area contributed by atoms with Gasteiger partial charge in [0.15, 0.2) is 11.5 Å². The predicted octanol–water partition coefficient (Wildman–Crippen LogP) is 2.74. The second-order valence-corrected chi connectivity index (χ2v) is 7.77. The average molecular weight is 398 g/mol. The van der Waals surface area contributed by atoms with Gasteiger partial charge in [0, 0.05) is 11.0 Å². The van der Waals surface area contributed by atoms with Gasteiger partial charge >= 0.3 is 0 Å². The highest BCUT2D eigenvalue weighted by Crippen LogP contribution is 2.30. The molecule has 7 heteroatoms. The Labute approximate surface area is 143 Å². The molecule has 1 aliphatic rings. The third-order valence-electron chi connectivity index (χ3n) is 3.42. The Balaban J connectivity index is 1.63. The Hall–Kier alpha value is -1.57. The molecule has 1 heterocycles. The molecule has 0 amide bonds. The van der Waals surface area contributed by atoms with Gasteiger partial charge in [0.25, 0.3) is 0 Å². The SMILES string of the molecule is O=S(=O)(NCCc1ccc2c(c1)OCCO2)c1cccc(Br)c1. The minimum atomic E-state index is -3.51. The summed E-state index contributed by atoms with van der Waals surface area (Å²) >= 11 is 3.28. The van der Waals surface area contributed by atoms with Gasteiger partial charge in [0.1, 0.15) is 13.2 Å². The van der Waals surface area contributed by atoms with E-state index in [0.717, 1.165) is 15.8 Å². The molecule has 122 valence electrons. The van der Waals surface area contributed by atoms with Crippen LogP contribution in [0.2, 0.25) is 0 Å². The van der Waals surface area contributed by atoms with Crippen molar-refractivity contribution in [1.29, 1.82) is 0 Å². The average Bonchev–Trinajstić information content (AvgIpc) is 2.54. The maximum atomic E-state index is 12.2. The van der Waals surface area contributed by atoms with Crippen LogP contribution in [0.5, 0.6) is 11.5 Å². The summed E-state index contributed by atoms with van der Waals surface area (Å²) in [4.78, 5) is 0.244. The fourth-order valence-corrected chi connectivity index (χ4v) is 3.92. The van der Waals surface area contributed by atoms with E-state index in [1.54, 1.807) is 24.3 Å². The van der Waals surface area contributed by atoms with E-state index < -0.39 is 10.0 Å². The lowest BCUT2D eigenvalue weighted by molar-refractivity contribution is 0.171. The van der Waals surface area contributed by atoms with Gasteiger partial charge in [-0.25, -0.2) is 13.1 Å². The summed E-state index contributed by atoms with van der Waals surface area (Å²) in [6.45, 7) is 1.40. The summed E-state index contributed by atoms with van der Waals surface area (Å²) in [5.74, 6) is 1.44. The molecule has 1 aliphatic heterocycles. The smallest absolute Gasteiger partial charge is 0.240 e. The van der Waals surface area contributed by atoms with Gasteiger partial charge in [-0.3, -0.25) is 0 Å².